The summed E-state index contributed by atoms with van der Waals surface area (Å²) in [6, 6.07) is 19.9. The molecule has 0 spiro atoms. The zero-order chi connectivity index (χ0) is 26.8. The predicted octanol–water partition coefficient (Wildman–Crippen LogP) is 4.56. The third-order valence-corrected chi connectivity index (χ3v) is 5.86. The van der Waals surface area contributed by atoms with E-state index in [1.54, 1.807) is 42.5 Å². The van der Waals surface area contributed by atoms with Crippen molar-refractivity contribution in [2.45, 2.75) is 33.2 Å². The van der Waals surface area contributed by atoms with Crippen molar-refractivity contribution in [3.8, 4) is 5.75 Å². The van der Waals surface area contributed by atoms with E-state index >= 15 is 0 Å². The average Bonchev–Trinajstić information content (AvgIpc) is 2.89. The van der Waals surface area contributed by atoms with Gasteiger partial charge in [-0.05, 0) is 59.4 Å². The summed E-state index contributed by atoms with van der Waals surface area (Å²) >= 11 is 6.08. The summed E-state index contributed by atoms with van der Waals surface area (Å²) in [7, 11) is 0. The van der Waals surface area contributed by atoms with Crippen LogP contribution in [0.1, 0.15) is 42.0 Å². The normalized spacial score (nSPS) is 10.8. The predicted molar refractivity (Wildman–Crippen MR) is 145 cm³/mol. The molecule has 0 saturated heterocycles. The molecule has 0 aliphatic rings. The van der Waals surface area contributed by atoms with Gasteiger partial charge in [0.05, 0.1) is 6.21 Å². The second kappa shape index (κ2) is 13.2. The first-order chi connectivity index (χ1) is 17.7. The Bertz CT molecular complexity index is 1290. The number of hydrogen-bond donors (Lipinski definition) is 3. The van der Waals surface area contributed by atoms with E-state index in [2.05, 4.69) is 35.0 Å². The Kier molecular flexibility index (Phi) is 9.80. The molecular weight excluding hydrogens is 492 g/mol. The number of anilines is 1. The standard InChI is InChI=1S/C28H29ClN4O4/c1-18(2)22-12-10-20(11-13-22)15-30-27(35)28(36)33-31-16-21-6-4-7-23(14-21)37-17-26(34)32-25-9-5-8-24(29)19(25)3/h4-14,16,18H,15,17H2,1-3H3,(H,30,35)(H,32,34)(H,33,36)/b31-16-. The molecule has 192 valence electrons. The van der Waals surface area contributed by atoms with Crippen molar-refractivity contribution in [2.75, 3.05) is 11.9 Å². The number of rotatable bonds is 9. The Hall–Kier alpha value is -4.17. The maximum Gasteiger partial charge on any atom is 0.329 e. The molecule has 0 bridgehead atoms. The topological polar surface area (TPSA) is 109 Å². The van der Waals surface area contributed by atoms with Gasteiger partial charge in [-0.3, -0.25) is 14.4 Å². The monoisotopic (exact) mass is 520 g/mol. The van der Waals surface area contributed by atoms with Gasteiger partial charge in [-0.25, -0.2) is 5.43 Å². The Labute approximate surface area is 221 Å². The molecule has 0 aliphatic heterocycles. The van der Waals surface area contributed by atoms with Crippen LogP contribution in [0.15, 0.2) is 71.8 Å². The summed E-state index contributed by atoms with van der Waals surface area (Å²) in [6.45, 7) is 6.06. The number of hydrogen-bond acceptors (Lipinski definition) is 5. The first-order valence-corrected chi connectivity index (χ1v) is 12.1. The van der Waals surface area contributed by atoms with Gasteiger partial charge in [0, 0.05) is 17.3 Å². The van der Waals surface area contributed by atoms with E-state index in [-0.39, 0.29) is 19.1 Å². The van der Waals surface area contributed by atoms with Crippen molar-refractivity contribution in [3.63, 3.8) is 0 Å². The van der Waals surface area contributed by atoms with E-state index in [4.69, 9.17) is 16.3 Å². The number of carbonyl (C=O) groups excluding carboxylic acids is 3. The lowest BCUT2D eigenvalue weighted by atomic mass is 10.0. The van der Waals surface area contributed by atoms with E-state index in [0.717, 1.165) is 11.1 Å². The van der Waals surface area contributed by atoms with Crippen molar-refractivity contribution in [1.29, 1.82) is 0 Å². The number of carbonyl (C=O) groups is 3. The number of halogens is 1. The van der Waals surface area contributed by atoms with E-state index < -0.39 is 11.8 Å². The maximum atomic E-state index is 12.2. The Morgan fingerprint density at radius 3 is 2.46 bits per heavy atom. The van der Waals surface area contributed by atoms with Crippen LogP contribution in [-0.2, 0) is 20.9 Å². The third-order valence-electron chi connectivity index (χ3n) is 5.46. The molecule has 0 radical (unpaired) electrons. The molecule has 3 N–H and O–H groups in total. The minimum Gasteiger partial charge on any atom is -0.484 e. The molecule has 0 aliphatic carbocycles. The maximum absolute atomic E-state index is 12.2. The highest BCUT2D eigenvalue weighted by molar-refractivity contribution is 6.35. The Morgan fingerprint density at radius 1 is 1.00 bits per heavy atom. The zero-order valence-electron chi connectivity index (χ0n) is 20.9. The SMILES string of the molecule is Cc1c(Cl)cccc1NC(=O)COc1cccc(/C=N\NC(=O)C(=O)NCc2ccc(C(C)C)cc2)c1. The number of hydrazone groups is 1. The van der Waals surface area contributed by atoms with Gasteiger partial charge < -0.3 is 15.4 Å². The van der Waals surface area contributed by atoms with Crippen LogP contribution in [0.2, 0.25) is 5.02 Å². The summed E-state index contributed by atoms with van der Waals surface area (Å²) in [6.07, 6.45) is 1.37. The molecular formula is C28H29ClN4O4. The molecule has 0 heterocycles. The van der Waals surface area contributed by atoms with Crippen molar-refractivity contribution in [3.05, 3.63) is 94.0 Å². The highest BCUT2D eigenvalue weighted by Crippen LogP contribution is 2.23. The molecule has 0 fully saturated rings. The van der Waals surface area contributed by atoms with Gasteiger partial charge >= 0.3 is 11.8 Å². The van der Waals surface area contributed by atoms with Crippen molar-refractivity contribution in [2.24, 2.45) is 5.10 Å². The van der Waals surface area contributed by atoms with Crippen LogP contribution in [-0.4, -0.2) is 30.5 Å². The smallest absolute Gasteiger partial charge is 0.329 e. The number of nitrogens with zero attached hydrogens (tertiary/aromatic N) is 1. The van der Waals surface area contributed by atoms with Gasteiger partial charge in [-0.2, -0.15) is 5.10 Å². The van der Waals surface area contributed by atoms with Crippen molar-refractivity contribution >= 4 is 41.2 Å². The Morgan fingerprint density at radius 2 is 1.73 bits per heavy atom. The van der Waals surface area contributed by atoms with Crippen LogP contribution >= 0.6 is 11.6 Å². The number of amides is 3. The molecule has 37 heavy (non-hydrogen) atoms. The summed E-state index contributed by atoms with van der Waals surface area (Å²) in [5.74, 6) is -1.14. The minimum absolute atomic E-state index is 0.205. The van der Waals surface area contributed by atoms with Crippen LogP contribution in [0.5, 0.6) is 5.75 Å². The highest BCUT2D eigenvalue weighted by atomic mass is 35.5. The quantitative estimate of drug-likeness (QED) is 0.218. The van der Waals surface area contributed by atoms with Gasteiger partial charge in [0.1, 0.15) is 5.75 Å². The summed E-state index contributed by atoms with van der Waals surface area (Å²) < 4.78 is 5.55. The van der Waals surface area contributed by atoms with E-state index in [1.165, 1.54) is 11.8 Å². The fourth-order valence-corrected chi connectivity index (χ4v) is 3.44. The van der Waals surface area contributed by atoms with Gasteiger partial charge in [-0.1, -0.05) is 67.9 Å². The molecule has 0 unspecified atom stereocenters. The molecule has 0 saturated carbocycles. The second-order valence-electron chi connectivity index (χ2n) is 8.60. The summed E-state index contributed by atoms with van der Waals surface area (Å²) in [4.78, 5) is 36.3. The van der Waals surface area contributed by atoms with Crippen molar-refractivity contribution in [1.82, 2.24) is 10.7 Å². The van der Waals surface area contributed by atoms with Crippen LogP contribution in [0.4, 0.5) is 5.69 Å². The molecule has 0 atom stereocenters. The highest BCUT2D eigenvalue weighted by Gasteiger charge is 2.12. The van der Waals surface area contributed by atoms with Crippen LogP contribution in [0, 0.1) is 6.92 Å². The molecule has 0 aromatic heterocycles. The van der Waals surface area contributed by atoms with Gasteiger partial charge in [0.25, 0.3) is 5.91 Å². The number of ether oxygens (including phenoxy) is 1. The number of nitrogens with one attached hydrogen (secondary N) is 3. The van der Waals surface area contributed by atoms with Gasteiger partial charge in [0.15, 0.2) is 6.61 Å². The first kappa shape index (κ1) is 27.4. The van der Waals surface area contributed by atoms with Crippen LogP contribution in [0.3, 0.4) is 0 Å². The van der Waals surface area contributed by atoms with Gasteiger partial charge in [-0.15, -0.1) is 0 Å². The fourth-order valence-electron chi connectivity index (χ4n) is 3.26. The molecule has 3 aromatic carbocycles. The largest absolute Gasteiger partial charge is 0.484 e. The molecule has 3 aromatic rings. The van der Waals surface area contributed by atoms with Crippen molar-refractivity contribution < 1.29 is 19.1 Å². The minimum atomic E-state index is -0.879. The van der Waals surface area contributed by atoms with Crippen LogP contribution in [0.25, 0.3) is 0 Å². The fraction of sp³-hybridized carbons (Fsp3) is 0.214. The number of benzene rings is 3. The summed E-state index contributed by atoms with van der Waals surface area (Å²) in [5, 5.41) is 9.71. The Balaban J connectivity index is 1.44. The second-order valence-corrected chi connectivity index (χ2v) is 9.01. The lowest BCUT2D eigenvalue weighted by molar-refractivity contribution is -0.139. The van der Waals surface area contributed by atoms with Crippen LogP contribution < -0.4 is 20.8 Å². The first-order valence-electron chi connectivity index (χ1n) is 11.7. The van der Waals surface area contributed by atoms with E-state index in [0.29, 0.717) is 27.9 Å². The molecule has 8 nitrogen and oxygen atoms in total. The van der Waals surface area contributed by atoms with Gasteiger partial charge in [0.2, 0.25) is 0 Å². The lowest BCUT2D eigenvalue weighted by Crippen LogP contribution is -2.37. The van der Waals surface area contributed by atoms with E-state index in [1.807, 2.05) is 31.2 Å². The summed E-state index contributed by atoms with van der Waals surface area (Å²) in [5.41, 5.74) is 6.29. The molecule has 9 heteroatoms. The average molecular weight is 521 g/mol. The molecule has 3 rings (SSSR count). The lowest BCUT2D eigenvalue weighted by Gasteiger charge is -2.10. The third kappa shape index (κ3) is 8.47. The molecule has 3 amide bonds. The zero-order valence-corrected chi connectivity index (χ0v) is 21.6. The van der Waals surface area contributed by atoms with E-state index in [9.17, 15) is 14.4 Å².